The largest absolute Gasteiger partial charge is 0.491 e. The molecule has 1 heterocycles. The van der Waals surface area contributed by atoms with Gasteiger partial charge in [0.25, 0.3) is 0 Å². The minimum absolute atomic E-state index is 0.0657. The quantitative estimate of drug-likeness (QED) is 0.649. The summed E-state index contributed by atoms with van der Waals surface area (Å²) in [6, 6.07) is 13.9. The number of para-hydroxylation sites is 1. The van der Waals surface area contributed by atoms with E-state index in [1.165, 1.54) is 0 Å². The molecule has 0 radical (unpaired) electrons. The topological polar surface area (TPSA) is 62.3 Å². The average Bonchev–Trinajstić information content (AvgIpc) is 2.68. The first kappa shape index (κ1) is 13.9. The van der Waals surface area contributed by atoms with Gasteiger partial charge in [0.15, 0.2) is 0 Å². The normalized spacial score (nSPS) is 14.0. The molecule has 1 aliphatic heterocycles. The van der Waals surface area contributed by atoms with Crippen LogP contribution in [0.15, 0.2) is 46.9 Å². The summed E-state index contributed by atoms with van der Waals surface area (Å²) < 4.78 is 6.63. The number of halogens is 1. The second kappa shape index (κ2) is 5.77. The van der Waals surface area contributed by atoms with Crippen LogP contribution in [-0.4, -0.2) is 19.0 Å². The van der Waals surface area contributed by atoms with Crippen LogP contribution in [0.1, 0.15) is 11.1 Å². The van der Waals surface area contributed by atoms with Crippen molar-refractivity contribution in [1.29, 1.82) is 5.41 Å². The van der Waals surface area contributed by atoms with Crippen LogP contribution in [0, 0.1) is 5.41 Å². The van der Waals surface area contributed by atoms with Crippen molar-refractivity contribution < 1.29 is 4.74 Å². The first-order chi connectivity index (χ1) is 10.2. The zero-order chi connectivity index (χ0) is 14.8. The molecule has 0 bridgehead atoms. The lowest BCUT2D eigenvalue weighted by molar-refractivity contribution is 0.331. The van der Waals surface area contributed by atoms with E-state index in [2.05, 4.69) is 26.9 Å². The number of ether oxygens (including phenoxy) is 1. The van der Waals surface area contributed by atoms with Crippen LogP contribution in [0.4, 0.5) is 5.69 Å². The lowest BCUT2D eigenvalue weighted by Crippen LogP contribution is -2.28. The molecule has 0 aromatic heterocycles. The second-order valence-corrected chi connectivity index (χ2v) is 5.78. The third-order valence-corrected chi connectivity index (χ3v) is 4.22. The Bertz CT molecular complexity index is 687. The number of nitrogens with one attached hydrogen (secondary N) is 1. The van der Waals surface area contributed by atoms with E-state index in [0.717, 1.165) is 40.1 Å². The highest BCUT2D eigenvalue weighted by molar-refractivity contribution is 9.10. The van der Waals surface area contributed by atoms with Crippen molar-refractivity contribution in [2.24, 2.45) is 5.73 Å². The minimum Gasteiger partial charge on any atom is -0.491 e. The fourth-order valence-corrected chi connectivity index (χ4v) is 3.14. The third kappa shape index (κ3) is 2.74. The molecule has 2 aromatic rings. The summed E-state index contributed by atoms with van der Waals surface area (Å²) in [5.41, 5.74) is 8.58. The summed E-state index contributed by atoms with van der Waals surface area (Å²) in [4.78, 5) is 2.20. The maximum atomic E-state index is 7.83. The molecule has 0 amide bonds. The summed E-state index contributed by atoms with van der Waals surface area (Å²) in [7, 11) is 0. The Morgan fingerprint density at radius 1 is 1.19 bits per heavy atom. The van der Waals surface area contributed by atoms with Gasteiger partial charge in [-0.1, -0.05) is 24.3 Å². The SMILES string of the molecule is N=C(N)c1c(Br)cccc1N1CCOc2ccccc2C1. The molecule has 5 heteroatoms. The van der Waals surface area contributed by atoms with E-state index in [1.807, 2.05) is 36.4 Å². The molecule has 3 N–H and O–H groups in total. The Balaban J connectivity index is 2.02. The number of nitrogens with two attached hydrogens (primary N) is 1. The van der Waals surface area contributed by atoms with E-state index in [0.29, 0.717) is 6.61 Å². The highest BCUT2D eigenvalue weighted by Gasteiger charge is 2.19. The monoisotopic (exact) mass is 345 g/mol. The predicted octanol–water partition coefficient (Wildman–Crippen LogP) is 3.13. The highest BCUT2D eigenvalue weighted by atomic mass is 79.9. The molecule has 0 atom stereocenters. The van der Waals surface area contributed by atoms with Gasteiger partial charge >= 0.3 is 0 Å². The molecule has 0 saturated carbocycles. The first-order valence-electron chi connectivity index (χ1n) is 6.75. The van der Waals surface area contributed by atoms with Crippen LogP contribution < -0.4 is 15.4 Å². The van der Waals surface area contributed by atoms with Gasteiger partial charge in [-0.3, -0.25) is 5.41 Å². The van der Waals surface area contributed by atoms with E-state index >= 15 is 0 Å². The number of benzene rings is 2. The zero-order valence-corrected chi connectivity index (χ0v) is 13.1. The average molecular weight is 346 g/mol. The van der Waals surface area contributed by atoms with Crippen molar-refractivity contribution >= 4 is 27.5 Å². The summed E-state index contributed by atoms with van der Waals surface area (Å²) in [5, 5.41) is 7.83. The summed E-state index contributed by atoms with van der Waals surface area (Å²) in [5.74, 6) is 0.996. The molecule has 0 unspecified atom stereocenters. The van der Waals surface area contributed by atoms with E-state index in [-0.39, 0.29) is 5.84 Å². The smallest absolute Gasteiger partial charge is 0.126 e. The number of nitrogen functional groups attached to an aromatic ring is 1. The molecule has 0 saturated heterocycles. The number of rotatable bonds is 2. The van der Waals surface area contributed by atoms with Crippen molar-refractivity contribution in [1.82, 2.24) is 0 Å². The zero-order valence-electron chi connectivity index (χ0n) is 11.5. The van der Waals surface area contributed by atoms with Crippen molar-refractivity contribution in [3.63, 3.8) is 0 Å². The first-order valence-corrected chi connectivity index (χ1v) is 7.54. The van der Waals surface area contributed by atoms with Crippen LogP contribution in [0.3, 0.4) is 0 Å². The second-order valence-electron chi connectivity index (χ2n) is 4.93. The summed E-state index contributed by atoms with van der Waals surface area (Å²) in [6.07, 6.45) is 0. The van der Waals surface area contributed by atoms with Crippen LogP contribution in [0.25, 0.3) is 0 Å². The Morgan fingerprint density at radius 2 is 2.00 bits per heavy atom. The van der Waals surface area contributed by atoms with Crippen LogP contribution >= 0.6 is 15.9 Å². The number of anilines is 1. The highest BCUT2D eigenvalue weighted by Crippen LogP contribution is 2.31. The van der Waals surface area contributed by atoms with Gasteiger partial charge in [-0.15, -0.1) is 0 Å². The minimum atomic E-state index is 0.0657. The molecule has 0 aliphatic carbocycles. The van der Waals surface area contributed by atoms with Crippen LogP contribution in [-0.2, 0) is 6.54 Å². The van der Waals surface area contributed by atoms with E-state index in [9.17, 15) is 0 Å². The summed E-state index contributed by atoms with van der Waals surface area (Å²) >= 11 is 3.49. The maximum Gasteiger partial charge on any atom is 0.126 e. The molecule has 0 fully saturated rings. The molecule has 0 spiro atoms. The lowest BCUT2D eigenvalue weighted by Gasteiger charge is -2.25. The van der Waals surface area contributed by atoms with E-state index in [4.69, 9.17) is 15.9 Å². The molecule has 21 heavy (non-hydrogen) atoms. The molecule has 4 nitrogen and oxygen atoms in total. The van der Waals surface area contributed by atoms with Gasteiger partial charge in [0.2, 0.25) is 0 Å². The molecule has 1 aliphatic rings. The number of amidine groups is 1. The van der Waals surface area contributed by atoms with E-state index in [1.54, 1.807) is 0 Å². The van der Waals surface area contributed by atoms with Gasteiger partial charge in [-0.25, -0.2) is 0 Å². The van der Waals surface area contributed by atoms with Crippen molar-refractivity contribution in [3.05, 3.63) is 58.1 Å². The van der Waals surface area contributed by atoms with Crippen molar-refractivity contribution in [2.45, 2.75) is 6.54 Å². The fourth-order valence-electron chi connectivity index (χ4n) is 2.57. The van der Waals surface area contributed by atoms with Gasteiger partial charge in [-0.05, 0) is 34.1 Å². The van der Waals surface area contributed by atoms with Gasteiger partial charge in [0.05, 0.1) is 12.1 Å². The Hall–Kier alpha value is -2.01. The maximum absolute atomic E-state index is 7.83. The number of hydrogen-bond acceptors (Lipinski definition) is 3. The molecule has 3 rings (SSSR count). The van der Waals surface area contributed by atoms with Gasteiger partial charge in [0.1, 0.15) is 18.2 Å². The standard InChI is InChI=1S/C16H16BrN3O/c17-12-5-3-6-13(15(12)16(18)19)20-8-9-21-14-7-2-1-4-11(14)10-20/h1-7H,8-10H2,(H3,18,19). The molecular weight excluding hydrogens is 330 g/mol. The van der Waals surface area contributed by atoms with Crippen LogP contribution in [0.2, 0.25) is 0 Å². The van der Waals surface area contributed by atoms with Crippen LogP contribution in [0.5, 0.6) is 5.75 Å². The number of hydrogen-bond donors (Lipinski definition) is 2. The number of fused-ring (bicyclic) bond motifs is 1. The lowest BCUT2D eigenvalue weighted by atomic mass is 10.1. The fraction of sp³-hybridized carbons (Fsp3) is 0.188. The van der Waals surface area contributed by atoms with Gasteiger partial charge in [0, 0.05) is 22.3 Å². The van der Waals surface area contributed by atoms with Gasteiger partial charge < -0.3 is 15.4 Å². The molecular formula is C16H16BrN3O. The van der Waals surface area contributed by atoms with E-state index < -0.39 is 0 Å². The Morgan fingerprint density at radius 3 is 2.81 bits per heavy atom. The molecule has 108 valence electrons. The summed E-state index contributed by atoms with van der Waals surface area (Å²) in [6.45, 7) is 2.11. The van der Waals surface area contributed by atoms with Crippen molar-refractivity contribution in [3.8, 4) is 5.75 Å². The van der Waals surface area contributed by atoms with Gasteiger partial charge in [-0.2, -0.15) is 0 Å². The third-order valence-electron chi connectivity index (χ3n) is 3.55. The number of nitrogens with zero attached hydrogens (tertiary/aromatic N) is 1. The Labute approximate surface area is 132 Å². The van der Waals surface area contributed by atoms with Crippen molar-refractivity contribution in [2.75, 3.05) is 18.1 Å². The predicted molar refractivity (Wildman–Crippen MR) is 88.1 cm³/mol. The molecule has 2 aromatic carbocycles. The Kier molecular flexibility index (Phi) is 3.84.